The molecule has 5 rings (SSSR count). The Morgan fingerprint density at radius 3 is 2.58 bits per heavy atom. The maximum absolute atomic E-state index is 14.2. The Morgan fingerprint density at radius 2 is 1.92 bits per heavy atom. The van der Waals surface area contributed by atoms with E-state index in [0.717, 1.165) is 36.2 Å². The first-order valence-corrected chi connectivity index (χ1v) is 12.4. The summed E-state index contributed by atoms with van der Waals surface area (Å²) in [6.45, 7) is 3.56. The highest BCUT2D eigenvalue weighted by atomic mass is 35.5. The topological polar surface area (TPSA) is 89.4 Å². The smallest absolute Gasteiger partial charge is 0.260 e. The molecule has 2 aromatic carbocycles. The van der Waals surface area contributed by atoms with Crippen LogP contribution >= 0.6 is 12.4 Å². The third kappa shape index (κ3) is 5.42. The Kier molecular flexibility index (Phi) is 8.42. The quantitative estimate of drug-likeness (QED) is 0.395. The van der Waals surface area contributed by atoms with Gasteiger partial charge in [0.05, 0.1) is 26.0 Å². The molecular formula is C27H32ClF2N5O3. The molecule has 0 bridgehead atoms. The molecule has 2 aliphatic rings. The number of nitrogens with zero attached hydrogens (tertiary/aromatic N) is 2. The lowest BCUT2D eigenvalue weighted by molar-refractivity contribution is 0.0659. The van der Waals surface area contributed by atoms with Crippen LogP contribution < -0.4 is 25.4 Å². The zero-order chi connectivity index (χ0) is 26.1. The van der Waals surface area contributed by atoms with Gasteiger partial charge in [-0.3, -0.25) is 4.79 Å². The number of aryl methyl sites for hydroxylation is 1. The maximum Gasteiger partial charge on any atom is 0.260 e. The van der Waals surface area contributed by atoms with Crippen molar-refractivity contribution in [3.05, 3.63) is 59.2 Å². The van der Waals surface area contributed by atoms with Gasteiger partial charge in [-0.05, 0) is 61.7 Å². The number of halogens is 3. The van der Waals surface area contributed by atoms with Crippen LogP contribution in [-0.2, 0) is 0 Å². The van der Waals surface area contributed by atoms with Gasteiger partial charge in [0.25, 0.3) is 12.3 Å². The highest BCUT2D eigenvalue weighted by Gasteiger charge is 2.35. The number of benzene rings is 2. The second kappa shape index (κ2) is 11.6. The van der Waals surface area contributed by atoms with E-state index in [1.54, 1.807) is 32.4 Å². The SMILES string of the molecule is COc1ccc(C2CC(C(F)F)n3nc(-c4ccc(C(=O)N[C@@H]5CCNC5)cc4C)cc3N2)cc1OC.Cl. The molecule has 204 valence electrons. The molecule has 3 N–H and O–H groups in total. The zero-order valence-corrected chi connectivity index (χ0v) is 22.3. The van der Waals surface area contributed by atoms with E-state index in [0.29, 0.717) is 28.6 Å². The third-order valence-electron chi connectivity index (χ3n) is 7.11. The van der Waals surface area contributed by atoms with Crippen molar-refractivity contribution in [3.63, 3.8) is 0 Å². The number of nitrogens with one attached hydrogen (secondary N) is 3. The fourth-order valence-electron chi connectivity index (χ4n) is 5.10. The summed E-state index contributed by atoms with van der Waals surface area (Å²) >= 11 is 0. The predicted octanol–water partition coefficient (Wildman–Crippen LogP) is 4.75. The van der Waals surface area contributed by atoms with E-state index >= 15 is 0 Å². The number of anilines is 1. The average molecular weight is 548 g/mol. The van der Waals surface area contributed by atoms with Crippen LogP contribution in [0.25, 0.3) is 11.3 Å². The molecule has 2 aliphatic heterocycles. The Labute approximate surface area is 226 Å². The molecule has 8 nitrogen and oxygen atoms in total. The van der Waals surface area contributed by atoms with Crippen LogP contribution in [-0.4, -0.2) is 55.5 Å². The summed E-state index contributed by atoms with van der Waals surface area (Å²) in [7, 11) is 3.10. The van der Waals surface area contributed by atoms with Gasteiger partial charge in [0, 0.05) is 29.8 Å². The first-order valence-electron chi connectivity index (χ1n) is 12.4. The number of rotatable bonds is 7. The van der Waals surface area contributed by atoms with Crippen LogP contribution in [0.2, 0.25) is 0 Å². The fourth-order valence-corrected chi connectivity index (χ4v) is 5.10. The normalized spacial score (nSPS) is 20.3. The van der Waals surface area contributed by atoms with Crippen LogP contribution in [0.5, 0.6) is 11.5 Å². The van der Waals surface area contributed by atoms with Crippen molar-refractivity contribution in [2.45, 2.75) is 44.3 Å². The molecule has 0 aliphatic carbocycles. The number of hydrogen-bond donors (Lipinski definition) is 3. The summed E-state index contributed by atoms with van der Waals surface area (Å²) in [6, 6.07) is 11.3. The molecule has 1 amide bonds. The summed E-state index contributed by atoms with van der Waals surface area (Å²) in [6.07, 6.45) is -1.52. The van der Waals surface area contributed by atoms with E-state index in [-0.39, 0.29) is 36.8 Å². The lowest BCUT2D eigenvalue weighted by Crippen LogP contribution is -2.36. The molecule has 2 unspecified atom stereocenters. The molecular weight excluding hydrogens is 516 g/mol. The van der Waals surface area contributed by atoms with Crippen LogP contribution in [0.15, 0.2) is 42.5 Å². The van der Waals surface area contributed by atoms with Crippen molar-refractivity contribution in [2.24, 2.45) is 0 Å². The fraction of sp³-hybridized carbons (Fsp3) is 0.407. The van der Waals surface area contributed by atoms with Gasteiger partial charge in [0.15, 0.2) is 11.5 Å². The molecule has 1 fully saturated rings. The average Bonchev–Trinajstić information content (AvgIpc) is 3.57. The minimum absolute atomic E-state index is 0. The van der Waals surface area contributed by atoms with Crippen molar-refractivity contribution >= 4 is 24.1 Å². The Morgan fingerprint density at radius 1 is 1.13 bits per heavy atom. The monoisotopic (exact) mass is 547 g/mol. The maximum atomic E-state index is 14.2. The standard InChI is InChI=1S/C27H31F2N5O3.ClH/c1-15-10-17(27(35)31-18-8-9-30-14-18)4-6-19(15)21-13-25-32-20(12-22(26(28)29)34(25)33-21)16-5-7-23(36-2)24(11-16)37-3;/h4-7,10-11,13,18,20,22,26,30,32H,8-9,12,14H2,1-3H3,(H,31,35);1H/t18-,20?,22?;/m1./s1. The highest BCUT2D eigenvalue weighted by Crippen LogP contribution is 2.41. The molecule has 3 atom stereocenters. The second-order valence-corrected chi connectivity index (χ2v) is 9.50. The van der Waals surface area contributed by atoms with E-state index in [9.17, 15) is 13.6 Å². The number of carbonyl (C=O) groups excluding carboxylic acids is 1. The van der Waals surface area contributed by atoms with Crippen molar-refractivity contribution in [2.75, 3.05) is 32.6 Å². The van der Waals surface area contributed by atoms with Crippen LogP contribution in [0.4, 0.5) is 14.6 Å². The van der Waals surface area contributed by atoms with Crippen LogP contribution in [0.1, 0.15) is 46.4 Å². The molecule has 1 aromatic heterocycles. The molecule has 3 aromatic rings. The zero-order valence-electron chi connectivity index (χ0n) is 21.5. The summed E-state index contributed by atoms with van der Waals surface area (Å²) in [5, 5.41) is 14.2. The number of hydrogen-bond acceptors (Lipinski definition) is 6. The Hall–Kier alpha value is -3.37. The number of aromatic nitrogens is 2. The first kappa shape index (κ1) is 27.7. The summed E-state index contributed by atoms with van der Waals surface area (Å²) in [4.78, 5) is 12.7. The predicted molar refractivity (Wildman–Crippen MR) is 144 cm³/mol. The van der Waals surface area contributed by atoms with Gasteiger partial charge in [0.1, 0.15) is 11.9 Å². The molecule has 11 heteroatoms. The van der Waals surface area contributed by atoms with E-state index in [1.165, 1.54) is 4.68 Å². The third-order valence-corrected chi connectivity index (χ3v) is 7.11. The second-order valence-electron chi connectivity index (χ2n) is 9.50. The van der Waals surface area contributed by atoms with Gasteiger partial charge >= 0.3 is 0 Å². The first-order chi connectivity index (χ1) is 17.9. The van der Waals surface area contributed by atoms with Crippen molar-refractivity contribution in [1.29, 1.82) is 0 Å². The Bertz CT molecular complexity index is 1300. The number of methoxy groups -OCH3 is 2. The van der Waals surface area contributed by atoms with Gasteiger partial charge in [0.2, 0.25) is 0 Å². The van der Waals surface area contributed by atoms with Gasteiger partial charge in [-0.2, -0.15) is 5.10 Å². The number of fused-ring (bicyclic) bond motifs is 1. The summed E-state index contributed by atoms with van der Waals surface area (Å²) in [5.41, 5.74) is 3.59. The van der Waals surface area contributed by atoms with Gasteiger partial charge in [-0.25, -0.2) is 13.5 Å². The number of amides is 1. The van der Waals surface area contributed by atoms with Crippen LogP contribution in [0, 0.1) is 6.92 Å². The summed E-state index contributed by atoms with van der Waals surface area (Å²) in [5.74, 6) is 1.51. The van der Waals surface area contributed by atoms with Gasteiger partial charge < -0.3 is 25.4 Å². The van der Waals surface area contributed by atoms with E-state index in [2.05, 4.69) is 21.0 Å². The lowest BCUT2D eigenvalue weighted by Gasteiger charge is -2.32. The van der Waals surface area contributed by atoms with Gasteiger partial charge in [-0.1, -0.05) is 12.1 Å². The largest absolute Gasteiger partial charge is 0.493 e. The number of alkyl halides is 2. The van der Waals surface area contributed by atoms with Crippen molar-refractivity contribution in [3.8, 4) is 22.8 Å². The minimum atomic E-state index is -2.59. The van der Waals surface area contributed by atoms with E-state index in [4.69, 9.17) is 9.47 Å². The van der Waals surface area contributed by atoms with E-state index in [1.807, 2.05) is 31.2 Å². The Balaban J connectivity index is 0.00000336. The van der Waals surface area contributed by atoms with Crippen LogP contribution in [0.3, 0.4) is 0 Å². The van der Waals surface area contributed by atoms with Crippen molar-refractivity contribution in [1.82, 2.24) is 20.4 Å². The number of carbonyl (C=O) groups is 1. The molecule has 38 heavy (non-hydrogen) atoms. The highest BCUT2D eigenvalue weighted by molar-refractivity contribution is 5.95. The molecule has 3 heterocycles. The molecule has 0 saturated carbocycles. The molecule has 0 radical (unpaired) electrons. The van der Waals surface area contributed by atoms with E-state index < -0.39 is 12.5 Å². The lowest BCUT2D eigenvalue weighted by atomic mass is 9.97. The minimum Gasteiger partial charge on any atom is -0.493 e. The molecule has 1 saturated heterocycles. The number of ether oxygens (including phenoxy) is 2. The summed E-state index contributed by atoms with van der Waals surface area (Å²) < 4.78 is 40.4. The molecule has 0 spiro atoms. The van der Waals surface area contributed by atoms with Crippen molar-refractivity contribution < 1.29 is 23.0 Å². The van der Waals surface area contributed by atoms with Gasteiger partial charge in [-0.15, -0.1) is 12.4 Å².